The highest BCUT2D eigenvalue weighted by molar-refractivity contribution is 7.09. The van der Waals surface area contributed by atoms with Crippen molar-refractivity contribution >= 4 is 23.2 Å². The number of hydrogen-bond acceptors (Lipinski definition) is 4. The van der Waals surface area contributed by atoms with E-state index >= 15 is 0 Å². The van der Waals surface area contributed by atoms with E-state index in [1.807, 2.05) is 35.7 Å². The van der Waals surface area contributed by atoms with Gasteiger partial charge in [0.15, 0.2) is 5.96 Å². The Morgan fingerprint density at radius 3 is 2.76 bits per heavy atom. The molecule has 0 fully saturated rings. The summed E-state index contributed by atoms with van der Waals surface area (Å²) >= 11 is 1.68. The number of ether oxygens (including phenoxy) is 1. The van der Waals surface area contributed by atoms with E-state index in [0.29, 0.717) is 19.0 Å². The van der Waals surface area contributed by atoms with E-state index in [2.05, 4.69) is 21.7 Å². The molecule has 0 bridgehead atoms. The molecule has 0 aliphatic carbocycles. The minimum atomic E-state index is -0.00740. The first-order valence-electron chi connectivity index (χ1n) is 7.96. The first kappa shape index (κ1) is 18.8. The molecule has 7 heteroatoms. The van der Waals surface area contributed by atoms with Crippen LogP contribution in [0, 0.1) is 0 Å². The maximum absolute atomic E-state index is 11.8. The van der Waals surface area contributed by atoms with Crippen molar-refractivity contribution < 1.29 is 9.53 Å². The molecule has 0 radical (unpaired) electrons. The van der Waals surface area contributed by atoms with Crippen LogP contribution in [0.3, 0.4) is 0 Å². The van der Waals surface area contributed by atoms with Gasteiger partial charge in [0.2, 0.25) is 5.91 Å². The van der Waals surface area contributed by atoms with E-state index in [1.54, 1.807) is 37.4 Å². The van der Waals surface area contributed by atoms with Gasteiger partial charge in [0.05, 0.1) is 26.7 Å². The smallest absolute Gasteiger partial charge is 0.241 e. The molecule has 0 unspecified atom stereocenters. The Morgan fingerprint density at radius 1 is 1.24 bits per heavy atom. The Morgan fingerprint density at radius 2 is 2.08 bits per heavy atom. The van der Waals surface area contributed by atoms with Gasteiger partial charge >= 0.3 is 0 Å². The lowest BCUT2D eigenvalue weighted by molar-refractivity contribution is -0.127. The molecule has 0 spiro atoms. The third-order valence-corrected chi connectivity index (χ3v) is 4.35. The molecule has 2 rings (SSSR count). The van der Waals surface area contributed by atoms with Gasteiger partial charge in [-0.3, -0.25) is 4.79 Å². The molecule has 0 saturated carbocycles. The van der Waals surface area contributed by atoms with Crippen LogP contribution in [-0.2, 0) is 17.9 Å². The van der Waals surface area contributed by atoms with E-state index < -0.39 is 0 Å². The van der Waals surface area contributed by atoms with E-state index in [4.69, 9.17) is 4.74 Å². The topological polar surface area (TPSA) is 66.0 Å². The van der Waals surface area contributed by atoms with Gasteiger partial charge in [-0.2, -0.15) is 0 Å². The Hall–Kier alpha value is -2.54. The molecule has 0 aliphatic rings. The minimum Gasteiger partial charge on any atom is -0.497 e. The predicted octanol–water partition coefficient (Wildman–Crippen LogP) is 2.08. The number of rotatable bonds is 7. The highest BCUT2D eigenvalue weighted by atomic mass is 32.1. The van der Waals surface area contributed by atoms with Crippen molar-refractivity contribution in [2.45, 2.75) is 13.1 Å². The SMILES string of the molecule is COc1cccc(CN=C(NCC(=O)N(C)C)NCc2cccs2)c1. The number of carbonyl (C=O) groups excluding carboxylic acids is 1. The molecule has 2 N–H and O–H groups in total. The number of guanidine groups is 1. The van der Waals surface area contributed by atoms with Crippen LogP contribution in [0.15, 0.2) is 46.8 Å². The van der Waals surface area contributed by atoms with Crippen molar-refractivity contribution in [3.05, 3.63) is 52.2 Å². The van der Waals surface area contributed by atoms with Crippen molar-refractivity contribution in [3.63, 3.8) is 0 Å². The van der Waals surface area contributed by atoms with Gasteiger partial charge in [-0.05, 0) is 29.1 Å². The van der Waals surface area contributed by atoms with Gasteiger partial charge in [0.25, 0.3) is 0 Å². The fourth-order valence-corrected chi connectivity index (χ4v) is 2.66. The summed E-state index contributed by atoms with van der Waals surface area (Å²) in [5, 5.41) is 8.38. The lowest BCUT2D eigenvalue weighted by Gasteiger charge is -2.14. The van der Waals surface area contributed by atoms with Crippen molar-refractivity contribution in [1.29, 1.82) is 0 Å². The number of nitrogens with one attached hydrogen (secondary N) is 2. The molecule has 1 heterocycles. The van der Waals surface area contributed by atoms with Crippen LogP contribution in [0.2, 0.25) is 0 Å². The summed E-state index contributed by atoms with van der Waals surface area (Å²) in [6, 6.07) is 11.8. The number of thiophene rings is 1. The van der Waals surface area contributed by atoms with Gasteiger partial charge in [0, 0.05) is 19.0 Å². The van der Waals surface area contributed by atoms with Gasteiger partial charge < -0.3 is 20.3 Å². The van der Waals surface area contributed by atoms with Crippen LogP contribution < -0.4 is 15.4 Å². The second-order valence-electron chi connectivity index (χ2n) is 5.59. The average molecular weight is 360 g/mol. The molecule has 1 aromatic carbocycles. The van der Waals surface area contributed by atoms with Crippen molar-refractivity contribution in [1.82, 2.24) is 15.5 Å². The van der Waals surface area contributed by atoms with Crippen LogP contribution in [0.25, 0.3) is 0 Å². The summed E-state index contributed by atoms with van der Waals surface area (Å²) in [5.41, 5.74) is 1.04. The fourth-order valence-electron chi connectivity index (χ4n) is 2.02. The zero-order valence-corrected chi connectivity index (χ0v) is 15.6. The monoisotopic (exact) mass is 360 g/mol. The first-order chi connectivity index (χ1) is 12.1. The van der Waals surface area contributed by atoms with Gasteiger partial charge in [-0.25, -0.2) is 4.99 Å². The van der Waals surface area contributed by atoms with Crippen LogP contribution >= 0.6 is 11.3 Å². The normalized spacial score (nSPS) is 11.1. The highest BCUT2D eigenvalue weighted by Gasteiger charge is 2.06. The molecule has 25 heavy (non-hydrogen) atoms. The average Bonchev–Trinajstić information content (AvgIpc) is 3.14. The summed E-state index contributed by atoms with van der Waals surface area (Å²) in [5.74, 6) is 1.40. The minimum absolute atomic E-state index is 0.00740. The van der Waals surface area contributed by atoms with Crippen LogP contribution in [0.5, 0.6) is 5.75 Å². The standard InChI is InChI=1S/C18H24N4O2S/c1-22(2)17(23)13-21-18(20-12-16-8-5-9-25-16)19-11-14-6-4-7-15(10-14)24-3/h4-10H,11-13H2,1-3H3,(H2,19,20,21). The molecule has 1 aromatic heterocycles. The summed E-state index contributed by atoms with van der Waals surface area (Å²) < 4.78 is 5.23. The molecule has 1 amide bonds. The summed E-state index contributed by atoms with van der Waals surface area (Å²) in [6.07, 6.45) is 0. The van der Waals surface area contributed by atoms with Crippen LogP contribution in [0.4, 0.5) is 0 Å². The number of carbonyl (C=O) groups is 1. The van der Waals surface area contributed by atoms with Crippen LogP contribution in [0.1, 0.15) is 10.4 Å². The van der Waals surface area contributed by atoms with Crippen molar-refractivity contribution in [2.75, 3.05) is 27.7 Å². The number of nitrogens with zero attached hydrogens (tertiary/aromatic N) is 2. The largest absolute Gasteiger partial charge is 0.497 e. The lowest BCUT2D eigenvalue weighted by atomic mass is 10.2. The molecular weight excluding hydrogens is 336 g/mol. The first-order valence-corrected chi connectivity index (χ1v) is 8.84. The molecule has 134 valence electrons. The molecule has 2 aromatic rings. The second kappa shape index (κ2) is 9.68. The van der Waals surface area contributed by atoms with Crippen molar-refractivity contribution in [3.8, 4) is 5.75 Å². The maximum Gasteiger partial charge on any atom is 0.241 e. The van der Waals surface area contributed by atoms with Gasteiger partial charge in [-0.15, -0.1) is 11.3 Å². The summed E-state index contributed by atoms with van der Waals surface area (Å²) in [7, 11) is 5.11. The van der Waals surface area contributed by atoms with Crippen LogP contribution in [-0.4, -0.2) is 44.5 Å². The predicted molar refractivity (Wildman–Crippen MR) is 102 cm³/mol. The van der Waals surface area contributed by atoms with E-state index in [1.165, 1.54) is 4.88 Å². The number of aliphatic imine (C=N–C) groups is 1. The molecular formula is C18H24N4O2S. The van der Waals surface area contributed by atoms with E-state index in [0.717, 1.165) is 11.3 Å². The fraction of sp³-hybridized carbons (Fsp3) is 0.333. The van der Waals surface area contributed by atoms with Gasteiger partial charge in [0.1, 0.15) is 5.75 Å². The third kappa shape index (κ3) is 6.46. The Kier molecular flexibility index (Phi) is 7.28. The molecule has 0 atom stereocenters. The van der Waals surface area contributed by atoms with Gasteiger partial charge in [-0.1, -0.05) is 18.2 Å². The zero-order chi connectivity index (χ0) is 18.1. The molecule has 6 nitrogen and oxygen atoms in total. The molecule has 0 saturated heterocycles. The summed E-state index contributed by atoms with van der Waals surface area (Å²) in [6.45, 7) is 1.35. The summed E-state index contributed by atoms with van der Waals surface area (Å²) in [4.78, 5) is 19.1. The molecule has 0 aliphatic heterocycles. The number of likely N-dealkylation sites (N-methyl/N-ethyl adjacent to an activating group) is 1. The zero-order valence-electron chi connectivity index (χ0n) is 14.8. The quantitative estimate of drug-likeness (QED) is 0.586. The second-order valence-corrected chi connectivity index (χ2v) is 6.62. The Labute approximate surface area is 152 Å². The van der Waals surface area contributed by atoms with Crippen molar-refractivity contribution in [2.24, 2.45) is 4.99 Å². The maximum atomic E-state index is 11.8. The Balaban J connectivity index is 2.01. The number of benzene rings is 1. The Bertz CT molecular complexity index is 699. The highest BCUT2D eigenvalue weighted by Crippen LogP contribution is 2.13. The number of methoxy groups -OCH3 is 1. The lowest BCUT2D eigenvalue weighted by Crippen LogP contribution is -2.42. The van der Waals surface area contributed by atoms with E-state index in [9.17, 15) is 4.79 Å². The van der Waals surface area contributed by atoms with E-state index in [-0.39, 0.29) is 12.5 Å². The number of hydrogen-bond donors (Lipinski definition) is 2. The third-order valence-electron chi connectivity index (χ3n) is 3.47. The number of amides is 1.